The topological polar surface area (TPSA) is 45.4 Å². The molecule has 0 aliphatic carbocycles. The zero-order valence-corrected chi connectivity index (χ0v) is 13.4. The van der Waals surface area contributed by atoms with Crippen LogP contribution in [-0.4, -0.2) is 54.1 Å². The zero-order valence-electron chi connectivity index (χ0n) is 10.9. The Morgan fingerprint density at radius 2 is 1.63 bits per heavy atom. The molecule has 0 bridgehead atoms. The van der Waals surface area contributed by atoms with Crippen molar-refractivity contribution >= 4 is 37.2 Å². The molecule has 1 aliphatic rings. The van der Waals surface area contributed by atoms with E-state index >= 15 is 0 Å². The molecular weight excluding hydrogens is 307 g/mol. The van der Waals surface area contributed by atoms with Crippen LogP contribution in [0.5, 0.6) is 0 Å². The average Bonchev–Trinajstić information content (AvgIpc) is 2.33. The van der Waals surface area contributed by atoms with Gasteiger partial charge in [-0.3, -0.25) is 14.8 Å². The van der Waals surface area contributed by atoms with Crippen LogP contribution in [0.25, 0.3) is 0 Å². The second-order valence-electron chi connectivity index (χ2n) is 4.23. The maximum atomic E-state index is 5.55. The highest BCUT2D eigenvalue weighted by atomic mass is 35.5. The van der Waals surface area contributed by atoms with Gasteiger partial charge in [-0.15, -0.1) is 37.2 Å². The fourth-order valence-electron chi connectivity index (χ4n) is 2.07. The predicted octanol–water partition coefficient (Wildman–Crippen LogP) is 1.42. The van der Waals surface area contributed by atoms with Crippen molar-refractivity contribution < 1.29 is 0 Å². The van der Waals surface area contributed by atoms with Crippen LogP contribution in [0.2, 0.25) is 0 Å². The molecule has 7 heteroatoms. The number of piperazine rings is 1. The largest absolute Gasteiger partial charge is 0.329 e. The monoisotopic (exact) mass is 328 g/mol. The van der Waals surface area contributed by atoms with Crippen molar-refractivity contribution in [3.63, 3.8) is 0 Å². The van der Waals surface area contributed by atoms with E-state index in [-0.39, 0.29) is 37.2 Å². The van der Waals surface area contributed by atoms with Gasteiger partial charge in [0.1, 0.15) is 0 Å². The first kappa shape index (κ1) is 21.2. The molecule has 0 radical (unpaired) electrons. The second kappa shape index (κ2) is 11.7. The van der Waals surface area contributed by atoms with Crippen molar-refractivity contribution in [1.82, 2.24) is 14.8 Å². The number of rotatable bonds is 4. The minimum absolute atomic E-state index is 0. The van der Waals surface area contributed by atoms with E-state index in [0.29, 0.717) is 0 Å². The van der Waals surface area contributed by atoms with E-state index in [0.717, 1.165) is 51.5 Å². The third-order valence-electron chi connectivity index (χ3n) is 3.02. The molecule has 0 amide bonds. The Morgan fingerprint density at radius 1 is 1.00 bits per heavy atom. The first-order valence-electron chi connectivity index (χ1n) is 5.93. The number of hydrogen-bond donors (Lipinski definition) is 1. The number of aromatic nitrogens is 1. The Hall–Kier alpha value is -0.100. The smallest absolute Gasteiger partial charge is 0.0543 e. The van der Waals surface area contributed by atoms with Crippen molar-refractivity contribution in [2.24, 2.45) is 5.73 Å². The van der Waals surface area contributed by atoms with Crippen LogP contribution >= 0.6 is 37.2 Å². The molecule has 0 spiro atoms. The van der Waals surface area contributed by atoms with E-state index < -0.39 is 0 Å². The molecule has 0 saturated carbocycles. The molecule has 0 unspecified atom stereocenters. The third-order valence-corrected chi connectivity index (χ3v) is 3.02. The van der Waals surface area contributed by atoms with Gasteiger partial charge in [0.15, 0.2) is 0 Å². The van der Waals surface area contributed by atoms with Crippen molar-refractivity contribution in [3.8, 4) is 0 Å². The molecule has 1 aromatic rings. The molecule has 0 aromatic carbocycles. The van der Waals surface area contributed by atoms with Gasteiger partial charge in [0.05, 0.1) is 5.69 Å². The van der Waals surface area contributed by atoms with Gasteiger partial charge in [-0.25, -0.2) is 0 Å². The molecule has 1 aliphatic heterocycles. The van der Waals surface area contributed by atoms with Crippen LogP contribution in [0.15, 0.2) is 24.4 Å². The maximum Gasteiger partial charge on any atom is 0.0543 e. The van der Waals surface area contributed by atoms with E-state index in [4.69, 9.17) is 5.73 Å². The standard InChI is InChI=1S/C12H20N4.3ClH/c13-4-6-15-7-9-16(10-8-15)11-12-3-1-2-5-14-12;;;/h1-3,5H,4,6-11,13H2;3*1H. The Bertz CT molecular complexity index is 305. The summed E-state index contributed by atoms with van der Waals surface area (Å²) in [7, 11) is 0. The van der Waals surface area contributed by atoms with Crippen molar-refractivity contribution in [2.45, 2.75) is 6.54 Å². The normalized spacial score (nSPS) is 15.8. The highest BCUT2D eigenvalue weighted by Gasteiger charge is 2.16. The van der Waals surface area contributed by atoms with Crippen LogP contribution < -0.4 is 5.73 Å². The van der Waals surface area contributed by atoms with Crippen molar-refractivity contribution in [3.05, 3.63) is 30.1 Å². The van der Waals surface area contributed by atoms with Gasteiger partial charge >= 0.3 is 0 Å². The number of pyridine rings is 1. The first-order valence-corrected chi connectivity index (χ1v) is 5.93. The molecule has 4 nitrogen and oxygen atoms in total. The third kappa shape index (κ3) is 7.30. The fourth-order valence-corrected chi connectivity index (χ4v) is 2.07. The van der Waals surface area contributed by atoms with Crippen molar-refractivity contribution in [2.75, 3.05) is 39.3 Å². The first-order chi connectivity index (χ1) is 7.88. The summed E-state index contributed by atoms with van der Waals surface area (Å²) >= 11 is 0. The summed E-state index contributed by atoms with van der Waals surface area (Å²) in [5, 5.41) is 0. The van der Waals surface area contributed by atoms with Crippen LogP contribution in [0.4, 0.5) is 0 Å². The van der Waals surface area contributed by atoms with Gasteiger partial charge in [-0.1, -0.05) is 6.07 Å². The van der Waals surface area contributed by atoms with E-state index in [9.17, 15) is 0 Å². The second-order valence-corrected chi connectivity index (χ2v) is 4.23. The molecule has 1 aromatic heterocycles. The minimum Gasteiger partial charge on any atom is -0.329 e. The highest BCUT2D eigenvalue weighted by Crippen LogP contribution is 2.05. The van der Waals surface area contributed by atoms with Crippen molar-refractivity contribution in [1.29, 1.82) is 0 Å². The molecule has 2 N–H and O–H groups in total. The van der Waals surface area contributed by atoms with Gasteiger partial charge < -0.3 is 5.73 Å². The zero-order chi connectivity index (χ0) is 11.2. The van der Waals surface area contributed by atoms with Gasteiger partial charge in [0.2, 0.25) is 0 Å². The number of nitrogens with zero attached hydrogens (tertiary/aromatic N) is 3. The predicted molar refractivity (Wildman–Crippen MR) is 86.8 cm³/mol. The van der Waals surface area contributed by atoms with Crippen LogP contribution in [0.3, 0.4) is 0 Å². The molecule has 19 heavy (non-hydrogen) atoms. The summed E-state index contributed by atoms with van der Waals surface area (Å²) in [4.78, 5) is 9.23. The van der Waals surface area contributed by atoms with Gasteiger partial charge in [0.25, 0.3) is 0 Å². The van der Waals surface area contributed by atoms with E-state index in [1.165, 1.54) is 0 Å². The summed E-state index contributed by atoms with van der Waals surface area (Å²) < 4.78 is 0. The average molecular weight is 330 g/mol. The minimum atomic E-state index is 0. The molecule has 1 fully saturated rings. The summed E-state index contributed by atoms with van der Waals surface area (Å²) in [6.07, 6.45) is 1.86. The summed E-state index contributed by atoms with van der Waals surface area (Å²) in [6.45, 7) is 7.26. The molecule has 112 valence electrons. The highest BCUT2D eigenvalue weighted by molar-refractivity contribution is 5.86. The lowest BCUT2D eigenvalue weighted by Crippen LogP contribution is -2.47. The van der Waals surface area contributed by atoms with E-state index in [2.05, 4.69) is 20.9 Å². The van der Waals surface area contributed by atoms with Gasteiger partial charge in [0, 0.05) is 52.0 Å². The summed E-state index contributed by atoms with van der Waals surface area (Å²) in [5.41, 5.74) is 6.71. The van der Waals surface area contributed by atoms with E-state index in [1.54, 1.807) is 0 Å². The fraction of sp³-hybridized carbons (Fsp3) is 0.583. The number of nitrogens with two attached hydrogens (primary N) is 1. The molecule has 1 saturated heterocycles. The Kier molecular flexibility index (Phi) is 13.1. The van der Waals surface area contributed by atoms with Crippen LogP contribution in [0, 0.1) is 0 Å². The lowest BCUT2D eigenvalue weighted by molar-refractivity contribution is 0.129. The number of halogens is 3. The van der Waals surface area contributed by atoms with Crippen LogP contribution in [-0.2, 0) is 6.54 Å². The quantitative estimate of drug-likeness (QED) is 0.907. The van der Waals surface area contributed by atoms with Crippen LogP contribution in [0.1, 0.15) is 5.69 Å². The lowest BCUT2D eigenvalue weighted by Gasteiger charge is -2.34. The number of hydrogen-bond acceptors (Lipinski definition) is 4. The molecule has 0 atom stereocenters. The summed E-state index contributed by atoms with van der Waals surface area (Å²) in [5.74, 6) is 0. The SMILES string of the molecule is Cl.Cl.Cl.NCCN1CCN(Cc2ccccn2)CC1. The molecule has 2 heterocycles. The van der Waals surface area contributed by atoms with Gasteiger partial charge in [-0.2, -0.15) is 0 Å². The lowest BCUT2D eigenvalue weighted by atomic mass is 10.2. The Morgan fingerprint density at radius 3 is 2.16 bits per heavy atom. The van der Waals surface area contributed by atoms with Gasteiger partial charge in [-0.05, 0) is 12.1 Å². The molecular formula is C12H23Cl3N4. The summed E-state index contributed by atoms with van der Waals surface area (Å²) in [6, 6.07) is 6.10. The van der Waals surface area contributed by atoms with E-state index in [1.807, 2.05) is 18.3 Å². The Balaban J connectivity index is 0. The molecule has 2 rings (SSSR count). The Labute approximate surface area is 134 Å². The maximum absolute atomic E-state index is 5.55.